The van der Waals surface area contributed by atoms with Gasteiger partial charge in [0.05, 0.1) is 47.3 Å². The molecule has 0 saturated heterocycles. The van der Waals surface area contributed by atoms with Gasteiger partial charge in [0.1, 0.15) is 6.61 Å². The summed E-state index contributed by atoms with van der Waals surface area (Å²) in [7, 11) is -4.17. The summed E-state index contributed by atoms with van der Waals surface area (Å²) in [5, 5.41) is 0. The van der Waals surface area contributed by atoms with Crippen molar-refractivity contribution in [2.75, 3.05) is 11.3 Å². The Balaban J connectivity index is 1.64. The van der Waals surface area contributed by atoms with Crippen LogP contribution in [0.4, 0.5) is 5.95 Å². The number of hydrogen-bond donors (Lipinski definition) is 1. The van der Waals surface area contributed by atoms with Crippen molar-refractivity contribution in [3.05, 3.63) is 94.8 Å². The fraction of sp³-hybridized carbons (Fsp3) is 0.389. The molecule has 0 unspecified atom stereocenters. The number of hydrogen-bond acceptors (Lipinski definition) is 8. The minimum atomic E-state index is -4.17. The summed E-state index contributed by atoms with van der Waals surface area (Å²) in [4.78, 5) is 29.9. The van der Waals surface area contributed by atoms with Gasteiger partial charge in [-0.05, 0) is 81.0 Å². The van der Waals surface area contributed by atoms with Gasteiger partial charge >= 0.3 is 0 Å². The van der Waals surface area contributed by atoms with Gasteiger partial charge in [0.25, 0.3) is 15.9 Å². The Hall–Kier alpha value is -4.35. The lowest BCUT2D eigenvalue weighted by Crippen LogP contribution is -2.45. The maximum atomic E-state index is 14.4. The van der Waals surface area contributed by atoms with E-state index in [0.717, 1.165) is 22.4 Å². The van der Waals surface area contributed by atoms with Gasteiger partial charge in [-0.3, -0.25) is 9.78 Å². The van der Waals surface area contributed by atoms with Gasteiger partial charge in [-0.25, -0.2) is 18.1 Å². The Bertz CT molecular complexity index is 1850. The van der Waals surface area contributed by atoms with Crippen LogP contribution in [-0.2, 0) is 27.9 Å². The highest BCUT2D eigenvalue weighted by Crippen LogP contribution is 2.31. The van der Waals surface area contributed by atoms with E-state index in [2.05, 4.69) is 35.5 Å². The van der Waals surface area contributed by atoms with Crippen molar-refractivity contribution in [1.29, 1.82) is 0 Å². The standard InChI is InChI=1S/C36H43N5O5S/c1-23(2)45-21-28-15-10-14-27(37-28)20-41-29(19-36(5,6)7)22-46-32-18-31(33-24(3)11-8-12-25(33)4)38-35(39-32)40-47(43,44)30-16-9-13-26(17-30)34(41)42/h8-18,23,29H,19-22H2,1-7H3,(H,38,39,40)/t29-/m1/s1. The molecule has 1 aliphatic rings. The number of nitrogens with zero attached hydrogens (tertiary/aromatic N) is 4. The summed E-state index contributed by atoms with van der Waals surface area (Å²) in [6.07, 6.45) is 0.636. The molecule has 3 heterocycles. The van der Waals surface area contributed by atoms with E-state index in [9.17, 15) is 13.2 Å². The minimum Gasteiger partial charge on any atom is -0.475 e. The third-order valence-electron chi connectivity index (χ3n) is 7.79. The number of rotatable bonds is 7. The Labute approximate surface area is 277 Å². The number of fused-ring (bicyclic) bond motifs is 4. The number of sulfonamides is 1. The van der Waals surface area contributed by atoms with Gasteiger partial charge in [0.2, 0.25) is 11.8 Å². The van der Waals surface area contributed by atoms with Crippen LogP contribution in [0.25, 0.3) is 11.3 Å². The molecule has 4 bridgehead atoms. The largest absolute Gasteiger partial charge is 0.475 e. The number of nitrogens with one attached hydrogen (secondary N) is 1. The van der Waals surface area contributed by atoms with Crippen molar-refractivity contribution >= 4 is 21.9 Å². The number of aryl methyl sites for hydroxylation is 2. The molecule has 11 heteroatoms. The molecule has 47 heavy (non-hydrogen) atoms. The molecular weight excluding hydrogens is 614 g/mol. The van der Waals surface area contributed by atoms with Crippen molar-refractivity contribution in [3.8, 4) is 17.1 Å². The van der Waals surface area contributed by atoms with Crippen LogP contribution < -0.4 is 9.46 Å². The van der Waals surface area contributed by atoms with Gasteiger partial charge in [-0.2, -0.15) is 4.98 Å². The normalized spacial score (nSPS) is 16.5. The highest BCUT2D eigenvalue weighted by molar-refractivity contribution is 7.92. The highest BCUT2D eigenvalue weighted by Gasteiger charge is 2.32. The van der Waals surface area contributed by atoms with Crippen LogP contribution in [-0.4, -0.2) is 52.9 Å². The van der Waals surface area contributed by atoms with E-state index in [1.807, 2.05) is 64.1 Å². The fourth-order valence-corrected chi connectivity index (χ4v) is 6.66. The number of carbonyl (C=O) groups is 1. The van der Waals surface area contributed by atoms with Crippen molar-refractivity contribution in [2.45, 2.75) is 85.1 Å². The smallest absolute Gasteiger partial charge is 0.264 e. The van der Waals surface area contributed by atoms with Gasteiger partial charge in [-0.15, -0.1) is 0 Å². The molecule has 0 spiro atoms. The van der Waals surface area contributed by atoms with Crippen LogP contribution >= 0.6 is 0 Å². The summed E-state index contributed by atoms with van der Waals surface area (Å²) in [5.74, 6) is -0.262. The quantitative estimate of drug-likeness (QED) is 0.232. The molecule has 4 aromatic rings. The number of amides is 1. The zero-order valence-electron chi connectivity index (χ0n) is 28.1. The second kappa shape index (κ2) is 13.8. The molecule has 0 radical (unpaired) electrons. The maximum Gasteiger partial charge on any atom is 0.264 e. The lowest BCUT2D eigenvalue weighted by atomic mass is 9.87. The van der Waals surface area contributed by atoms with Crippen LogP contribution in [0.15, 0.2) is 71.6 Å². The van der Waals surface area contributed by atoms with E-state index in [4.69, 9.17) is 14.5 Å². The molecule has 1 aliphatic heterocycles. The number of ether oxygens (including phenoxy) is 2. The van der Waals surface area contributed by atoms with Gasteiger partial charge in [0, 0.05) is 17.2 Å². The van der Waals surface area contributed by atoms with Gasteiger partial charge < -0.3 is 14.4 Å². The van der Waals surface area contributed by atoms with Crippen molar-refractivity contribution in [1.82, 2.24) is 19.9 Å². The predicted molar refractivity (Wildman–Crippen MR) is 182 cm³/mol. The van der Waals surface area contributed by atoms with Crippen LogP contribution in [0, 0.1) is 19.3 Å². The van der Waals surface area contributed by atoms with E-state index in [-0.39, 0.29) is 52.9 Å². The molecule has 1 amide bonds. The topological polar surface area (TPSA) is 124 Å². The fourth-order valence-electron chi connectivity index (χ4n) is 5.67. The molecule has 1 N–H and O–H groups in total. The lowest BCUT2D eigenvalue weighted by Gasteiger charge is -2.35. The van der Waals surface area contributed by atoms with E-state index in [0.29, 0.717) is 24.4 Å². The summed E-state index contributed by atoms with van der Waals surface area (Å²) >= 11 is 0. The Kier molecular flexibility index (Phi) is 9.97. The lowest BCUT2D eigenvalue weighted by molar-refractivity contribution is 0.0506. The summed E-state index contributed by atoms with van der Waals surface area (Å²) in [6, 6.07) is 18.9. The molecule has 5 rings (SSSR count). The van der Waals surface area contributed by atoms with Crippen molar-refractivity contribution < 1.29 is 22.7 Å². The molecule has 2 aromatic heterocycles. The number of carbonyl (C=O) groups excluding carboxylic acids is 1. The molecule has 0 aliphatic carbocycles. The molecule has 0 saturated carbocycles. The summed E-state index contributed by atoms with van der Waals surface area (Å²) in [6.45, 7) is 14.8. The maximum absolute atomic E-state index is 14.4. The summed E-state index contributed by atoms with van der Waals surface area (Å²) < 4.78 is 42.0. The predicted octanol–water partition coefficient (Wildman–Crippen LogP) is 6.72. The van der Waals surface area contributed by atoms with Gasteiger partial charge in [0.15, 0.2) is 0 Å². The van der Waals surface area contributed by atoms with Crippen LogP contribution in [0.1, 0.15) is 73.9 Å². The molecule has 2 aromatic carbocycles. The van der Waals surface area contributed by atoms with E-state index in [1.165, 1.54) is 12.1 Å². The molecule has 0 fully saturated rings. The number of benzene rings is 2. The molecule has 10 nitrogen and oxygen atoms in total. The first-order valence-electron chi connectivity index (χ1n) is 15.8. The zero-order valence-corrected chi connectivity index (χ0v) is 28.9. The average molecular weight is 658 g/mol. The first-order chi connectivity index (χ1) is 22.2. The third kappa shape index (κ3) is 8.52. The zero-order chi connectivity index (χ0) is 33.9. The summed E-state index contributed by atoms with van der Waals surface area (Å²) in [5.41, 5.74) is 4.82. The Morgan fingerprint density at radius 2 is 1.64 bits per heavy atom. The van der Waals surface area contributed by atoms with Gasteiger partial charge in [-0.1, -0.05) is 51.1 Å². The van der Waals surface area contributed by atoms with E-state index >= 15 is 0 Å². The number of pyridine rings is 1. The van der Waals surface area contributed by atoms with Crippen LogP contribution in [0.3, 0.4) is 0 Å². The SMILES string of the molecule is Cc1cccc(C)c1-c1cc2nc(n1)NS(=O)(=O)c1cccc(c1)C(=O)N(Cc1cccc(COC(C)C)n1)[C@H](CC(C)(C)C)CO2. The Morgan fingerprint density at radius 1 is 0.957 bits per heavy atom. The first-order valence-corrected chi connectivity index (χ1v) is 17.3. The van der Waals surface area contributed by atoms with Crippen molar-refractivity contribution in [3.63, 3.8) is 0 Å². The number of anilines is 1. The first kappa shape index (κ1) is 34.0. The minimum absolute atomic E-state index is 0.0464. The molecule has 1 atom stereocenters. The highest BCUT2D eigenvalue weighted by atomic mass is 32.2. The van der Waals surface area contributed by atoms with Crippen molar-refractivity contribution in [2.24, 2.45) is 5.41 Å². The average Bonchev–Trinajstić information content (AvgIpc) is 3.00. The molecular formula is C36H43N5O5S. The third-order valence-corrected chi connectivity index (χ3v) is 9.12. The second-order valence-corrected chi connectivity index (χ2v) is 15.1. The second-order valence-electron chi connectivity index (χ2n) is 13.5. The van der Waals surface area contributed by atoms with E-state index in [1.54, 1.807) is 23.1 Å². The Morgan fingerprint density at radius 3 is 2.34 bits per heavy atom. The number of aromatic nitrogens is 3. The van der Waals surface area contributed by atoms with E-state index < -0.39 is 16.1 Å². The van der Waals surface area contributed by atoms with Crippen LogP contribution in [0.2, 0.25) is 0 Å². The van der Waals surface area contributed by atoms with Crippen LogP contribution in [0.5, 0.6) is 5.88 Å². The monoisotopic (exact) mass is 657 g/mol. The molecule has 248 valence electrons.